The van der Waals surface area contributed by atoms with Gasteiger partial charge in [-0.05, 0) is 49.5 Å². The standard InChI is InChI=1S/C28H21ClF5N5O2/c1-38-10-13(11-38)25-18-9-20(35-26(40)12-5-14(28(32,33)34)7-16(31)6-12)21-22(24(18)37-39(25)2)27(41)36-23(21)17-8-15(30)3-4-19(17)29/h3-9,13,23H,10-11H2,1-2H3,(H,35,40)(H,36,41). The molecule has 1 atom stereocenters. The number of alkyl halides is 3. The number of carbonyl (C=O) groups is 2. The summed E-state index contributed by atoms with van der Waals surface area (Å²) in [6.45, 7) is 1.45. The molecule has 212 valence electrons. The molecule has 3 aromatic carbocycles. The molecule has 0 aliphatic carbocycles. The monoisotopic (exact) mass is 589 g/mol. The summed E-state index contributed by atoms with van der Waals surface area (Å²) in [6, 6.07) is 5.73. The number of halogens is 6. The minimum absolute atomic E-state index is 0.0703. The molecule has 13 heteroatoms. The van der Waals surface area contributed by atoms with Gasteiger partial charge in [0.25, 0.3) is 11.8 Å². The van der Waals surface area contributed by atoms with Crippen LogP contribution in [0.5, 0.6) is 0 Å². The number of carbonyl (C=O) groups excluding carboxylic acids is 2. The number of rotatable bonds is 4. The van der Waals surface area contributed by atoms with Crippen LogP contribution in [0.25, 0.3) is 10.9 Å². The van der Waals surface area contributed by atoms with Gasteiger partial charge in [-0.1, -0.05) is 11.6 Å². The number of likely N-dealkylation sites (N-methyl/N-ethyl adjacent to an activating group) is 1. The van der Waals surface area contributed by atoms with Crippen LogP contribution >= 0.6 is 11.6 Å². The first-order valence-corrected chi connectivity index (χ1v) is 12.9. The maximum atomic E-state index is 14.3. The summed E-state index contributed by atoms with van der Waals surface area (Å²) in [4.78, 5) is 28.8. The Morgan fingerprint density at radius 2 is 1.80 bits per heavy atom. The van der Waals surface area contributed by atoms with E-state index in [1.165, 1.54) is 6.07 Å². The Balaban J connectivity index is 1.55. The Morgan fingerprint density at radius 3 is 2.49 bits per heavy atom. The van der Waals surface area contributed by atoms with Crippen LogP contribution in [0.15, 0.2) is 42.5 Å². The van der Waals surface area contributed by atoms with Crippen molar-refractivity contribution < 1.29 is 31.5 Å². The molecule has 41 heavy (non-hydrogen) atoms. The molecule has 3 heterocycles. The van der Waals surface area contributed by atoms with Gasteiger partial charge in [-0.3, -0.25) is 14.3 Å². The second-order valence-electron chi connectivity index (χ2n) is 10.3. The number of likely N-dealkylation sites (tertiary alicyclic amines) is 1. The zero-order valence-corrected chi connectivity index (χ0v) is 22.3. The molecule has 1 unspecified atom stereocenters. The van der Waals surface area contributed by atoms with Gasteiger partial charge in [0, 0.05) is 58.8 Å². The smallest absolute Gasteiger partial charge is 0.341 e. The van der Waals surface area contributed by atoms with Crippen molar-refractivity contribution in [1.82, 2.24) is 20.0 Å². The van der Waals surface area contributed by atoms with Gasteiger partial charge >= 0.3 is 6.18 Å². The number of hydrogen-bond acceptors (Lipinski definition) is 4. The maximum absolute atomic E-state index is 14.3. The topological polar surface area (TPSA) is 79.3 Å². The van der Waals surface area contributed by atoms with E-state index in [1.807, 2.05) is 7.05 Å². The number of amides is 2. The van der Waals surface area contributed by atoms with E-state index in [2.05, 4.69) is 20.6 Å². The molecule has 1 fully saturated rings. The van der Waals surface area contributed by atoms with E-state index < -0.39 is 46.8 Å². The molecule has 0 spiro atoms. The highest BCUT2D eigenvalue weighted by molar-refractivity contribution is 6.31. The van der Waals surface area contributed by atoms with Gasteiger partial charge < -0.3 is 15.5 Å². The molecule has 1 saturated heterocycles. The van der Waals surface area contributed by atoms with E-state index in [1.54, 1.807) is 17.8 Å². The molecule has 1 aromatic heterocycles. The van der Waals surface area contributed by atoms with Gasteiger partial charge in [-0.2, -0.15) is 18.3 Å². The number of anilines is 1. The number of aromatic nitrogens is 2. The van der Waals surface area contributed by atoms with Crippen LogP contribution in [0.3, 0.4) is 0 Å². The van der Waals surface area contributed by atoms with E-state index in [0.717, 1.165) is 30.9 Å². The number of nitrogens with one attached hydrogen (secondary N) is 2. The highest BCUT2D eigenvalue weighted by Gasteiger charge is 2.39. The molecule has 0 bridgehead atoms. The van der Waals surface area contributed by atoms with Crippen molar-refractivity contribution in [2.24, 2.45) is 7.05 Å². The average Bonchev–Trinajstić information content (AvgIpc) is 3.39. The minimum atomic E-state index is -4.88. The average molecular weight is 590 g/mol. The van der Waals surface area contributed by atoms with Crippen LogP contribution in [0.2, 0.25) is 5.02 Å². The molecule has 2 N–H and O–H groups in total. The van der Waals surface area contributed by atoms with Crippen molar-refractivity contribution in [2.75, 3.05) is 25.5 Å². The predicted molar refractivity (Wildman–Crippen MR) is 141 cm³/mol. The molecule has 2 amide bonds. The van der Waals surface area contributed by atoms with Crippen LogP contribution < -0.4 is 10.6 Å². The number of benzene rings is 3. The lowest BCUT2D eigenvalue weighted by Crippen LogP contribution is -2.42. The largest absolute Gasteiger partial charge is 0.416 e. The van der Waals surface area contributed by atoms with Crippen molar-refractivity contribution >= 4 is 40.0 Å². The lowest BCUT2D eigenvalue weighted by atomic mass is 9.90. The molecule has 0 saturated carbocycles. The second kappa shape index (κ2) is 9.52. The van der Waals surface area contributed by atoms with E-state index in [4.69, 9.17) is 11.6 Å². The first kappa shape index (κ1) is 27.2. The van der Waals surface area contributed by atoms with Crippen molar-refractivity contribution in [3.8, 4) is 0 Å². The van der Waals surface area contributed by atoms with Crippen LogP contribution in [0.4, 0.5) is 27.6 Å². The van der Waals surface area contributed by atoms with Gasteiger partial charge in [0.05, 0.1) is 22.9 Å². The van der Waals surface area contributed by atoms with Crippen LogP contribution in [0, 0.1) is 11.6 Å². The Morgan fingerprint density at radius 1 is 1.07 bits per heavy atom. The summed E-state index contributed by atoms with van der Waals surface area (Å²) in [5.41, 5.74) is -0.135. The molecular formula is C28H21ClF5N5O2. The van der Waals surface area contributed by atoms with E-state index >= 15 is 0 Å². The lowest BCUT2D eigenvalue weighted by molar-refractivity contribution is -0.137. The third kappa shape index (κ3) is 4.60. The van der Waals surface area contributed by atoms with Crippen molar-refractivity contribution in [3.63, 3.8) is 0 Å². The van der Waals surface area contributed by atoms with Crippen LogP contribution in [0.1, 0.15) is 55.1 Å². The molecule has 4 aromatic rings. The summed E-state index contributed by atoms with van der Waals surface area (Å²) in [7, 11) is 3.69. The van der Waals surface area contributed by atoms with Gasteiger partial charge in [0.15, 0.2) is 0 Å². The molecular weight excluding hydrogens is 569 g/mol. The highest BCUT2D eigenvalue weighted by Crippen LogP contribution is 2.44. The third-order valence-electron chi connectivity index (χ3n) is 7.46. The fourth-order valence-electron chi connectivity index (χ4n) is 5.68. The van der Waals surface area contributed by atoms with Crippen molar-refractivity contribution in [3.05, 3.63) is 92.6 Å². The maximum Gasteiger partial charge on any atom is 0.416 e. The fraction of sp³-hybridized carbons (Fsp3) is 0.250. The first-order valence-electron chi connectivity index (χ1n) is 12.5. The summed E-state index contributed by atoms with van der Waals surface area (Å²) in [6.07, 6.45) is -4.88. The van der Waals surface area contributed by atoms with E-state index in [-0.39, 0.29) is 33.3 Å². The Kier molecular flexibility index (Phi) is 6.31. The van der Waals surface area contributed by atoms with E-state index in [9.17, 15) is 31.5 Å². The summed E-state index contributed by atoms with van der Waals surface area (Å²) < 4.78 is 70.0. The van der Waals surface area contributed by atoms with Gasteiger partial charge in [0.1, 0.15) is 17.2 Å². The summed E-state index contributed by atoms with van der Waals surface area (Å²) in [5.74, 6) is -3.36. The zero-order valence-electron chi connectivity index (χ0n) is 21.5. The molecule has 7 nitrogen and oxygen atoms in total. The van der Waals surface area contributed by atoms with Gasteiger partial charge in [0.2, 0.25) is 0 Å². The van der Waals surface area contributed by atoms with E-state index in [0.29, 0.717) is 29.1 Å². The van der Waals surface area contributed by atoms with Crippen LogP contribution in [-0.4, -0.2) is 46.6 Å². The SMILES string of the molecule is CN1CC(c2c3cc(NC(=O)c4cc(F)cc(C(F)(F)F)c4)c4c(c3nn2C)C(=O)NC4c2cc(F)ccc2Cl)C1. The quantitative estimate of drug-likeness (QED) is 0.302. The summed E-state index contributed by atoms with van der Waals surface area (Å²) in [5, 5.41) is 10.7. The Bertz CT molecular complexity index is 1760. The predicted octanol–water partition coefficient (Wildman–Crippen LogP) is 5.64. The normalized spacial score (nSPS) is 17.5. The molecule has 2 aliphatic heterocycles. The number of fused-ring (bicyclic) bond motifs is 3. The van der Waals surface area contributed by atoms with Crippen molar-refractivity contribution in [1.29, 1.82) is 0 Å². The Labute approximate surface area is 234 Å². The highest BCUT2D eigenvalue weighted by atomic mass is 35.5. The Hall–Kier alpha value is -4.03. The fourth-order valence-corrected chi connectivity index (χ4v) is 5.90. The van der Waals surface area contributed by atoms with Crippen LogP contribution in [-0.2, 0) is 13.2 Å². The number of nitrogens with zero attached hydrogens (tertiary/aromatic N) is 3. The van der Waals surface area contributed by atoms with Crippen molar-refractivity contribution in [2.45, 2.75) is 18.1 Å². The first-order chi connectivity index (χ1) is 19.3. The zero-order chi connectivity index (χ0) is 29.4. The van der Waals surface area contributed by atoms with Gasteiger partial charge in [-0.15, -0.1) is 0 Å². The summed E-state index contributed by atoms with van der Waals surface area (Å²) >= 11 is 6.37. The minimum Gasteiger partial charge on any atom is -0.341 e. The van der Waals surface area contributed by atoms with Gasteiger partial charge in [-0.25, -0.2) is 8.78 Å². The third-order valence-corrected chi connectivity index (χ3v) is 7.81. The molecule has 2 aliphatic rings. The number of aryl methyl sites for hydroxylation is 1. The molecule has 6 rings (SSSR count). The number of hydrogen-bond donors (Lipinski definition) is 2. The lowest BCUT2D eigenvalue weighted by Gasteiger charge is -2.36. The second-order valence-corrected chi connectivity index (χ2v) is 10.7. The molecule has 0 radical (unpaired) electrons.